The van der Waals surface area contributed by atoms with Crippen molar-refractivity contribution in [1.82, 2.24) is 0 Å². The van der Waals surface area contributed by atoms with Crippen LogP contribution in [0.25, 0.3) is 0 Å². The van der Waals surface area contributed by atoms with Crippen molar-refractivity contribution in [3.63, 3.8) is 0 Å². The van der Waals surface area contributed by atoms with E-state index in [1.54, 1.807) is 0 Å². The van der Waals surface area contributed by atoms with Gasteiger partial charge in [0.15, 0.2) is 0 Å². The summed E-state index contributed by atoms with van der Waals surface area (Å²) in [6, 6.07) is 0. The van der Waals surface area contributed by atoms with Crippen LogP contribution in [-0.2, 0) is 9.53 Å². The van der Waals surface area contributed by atoms with Gasteiger partial charge in [-0.3, -0.25) is 4.79 Å². The van der Waals surface area contributed by atoms with Gasteiger partial charge in [0.25, 0.3) is 0 Å². The average molecular weight is 290 g/mol. The van der Waals surface area contributed by atoms with Crippen LogP contribution >= 0.6 is 0 Å². The van der Waals surface area contributed by atoms with E-state index in [1.165, 1.54) is 12.8 Å². The zero-order chi connectivity index (χ0) is 15.0. The molecule has 0 aromatic heterocycles. The minimum atomic E-state index is -0.369. The predicted octanol–water partition coefficient (Wildman–Crippen LogP) is 2.93. The molecule has 4 aliphatic carbocycles. The number of rotatable bonds is 2. The van der Waals surface area contributed by atoms with E-state index in [9.17, 15) is 9.90 Å². The number of esters is 1. The van der Waals surface area contributed by atoms with Crippen molar-refractivity contribution in [1.29, 1.82) is 0 Å². The van der Waals surface area contributed by atoms with Gasteiger partial charge in [0.05, 0.1) is 12.0 Å². The summed E-state index contributed by atoms with van der Waals surface area (Å²) in [5.74, 6) is 1.11. The second kappa shape index (κ2) is 4.13. The van der Waals surface area contributed by atoms with Crippen LogP contribution < -0.4 is 0 Å². The summed E-state index contributed by atoms with van der Waals surface area (Å²) in [7, 11) is 0. The van der Waals surface area contributed by atoms with E-state index in [1.807, 2.05) is 6.08 Å². The van der Waals surface area contributed by atoms with Gasteiger partial charge in [-0.25, -0.2) is 0 Å². The average Bonchev–Trinajstić information content (AvgIpc) is 3.07. The molecule has 0 spiro atoms. The molecule has 3 fully saturated rings. The fraction of sp³-hybridized carbons (Fsp3) is 0.833. The molecule has 1 N–H and O–H groups in total. The lowest BCUT2D eigenvalue weighted by atomic mass is 9.78. The normalized spacial score (nSPS) is 52.6. The minimum absolute atomic E-state index is 0.0160. The minimum Gasteiger partial charge on any atom is -0.459 e. The lowest BCUT2D eigenvalue weighted by molar-refractivity contribution is -0.171. The molecule has 0 aromatic carbocycles. The molecular weight excluding hydrogens is 264 g/mol. The van der Waals surface area contributed by atoms with E-state index < -0.39 is 0 Å². The zero-order valence-corrected chi connectivity index (χ0v) is 13.2. The first-order chi connectivity index (χ1) is 9.83. The number of hydrogen-bond donors (Lipinski definition) is 1. The summed E-state index contributed by atoms with van der Waals surface area (Å²) in [5, 5.41) is 10.1. The fourth-order valence-corrected chi connectivity index (χ4v) is 5.98. The molecule has 0 saturated heterocycles. The van der Waals surface area contributed by atoms with Gasteiger partial charge in [-0.05, 0) is 43.9 Å². The molecule has 4 rings (SSSR count). The van der Waals surface area contributed by atoms with E-state index in [0.717, 1.165) is 12.8 Å². The van der Waals surface area contributed by atoms with E-state index in [-0.39, 0.29) is 35.4 Å². The molecular formula is C18H26O3. The molecule has 116 valence electrons. The first-order valence-corrected chi connectivity index (χ1v) is 8.42. The van der Waals surface area contributed by atoms with Crippen LogP contribution in [0.5, 0.6) is 0 Å². The highest BCUT2D eigenvalue weighted by molar-refractivity contribution is 5.75. The highest BCUT2D eigenvalue weighted by atomic mass is 16.6. The molecule has 4 bridgehead atoms. The van der Waals surface area contributed by atoms with Crippen LogP contribution in [0.15, 0.2) is 12.2 Å². The summed E-state index contributed by atoms with van der Waals surface area (Å²) in [4.78, 5) is 12.7. The van der Waals surface area contributed by atoms with Crippen LogP contribution in [0.2, 0.25) is 0 Å². The number of aliphatic hydroxyl groups excluding tert-OH is 1. The number of fused-ring (bicyclic) bond motifs is 4. The lowest BCUT2D eigenvalue weighted by Gasteiger charge is -2.37. The Morgan fingerprint density at radius 1 is 1.24 bits per heavy atom. The Morgan fingerprint density at radius 3 is 2.48 bits per heavy atom. The summed E-state index contributed by atoms with van der Waals surface area (Å²) in [5.41, 5.74) is 0.00310. The topological polar surface area (TPSA) is 46.5 Å². The van der Waals surface area contributed by atoms with Crippen molar-refractivity contribution in [3.8, 4) is 0 Å². The molecule has 7 atom stereocenters. The van der Waals surface area contributed by atoms with Crippen molar-refractivity contribution < 1.29 is 14.6 Å². The van der Waals surface area contributed by atoms with E-state index in [0.29, 0.717) is 17.3 Å². The van der Waals surface area contributed by atoms with Crippen molar-refractivity contribution in [2.75, 3.05) is 0 Å². The predicted molar refractivity (Wildman–Crippen MR) is 79.3 cm³/mol. The Morgan fingerprint density at radius 2 is 2.00 bits per heavy atom. The van der Waals surface area contributed by atoms with Gasteiger partial charge in [0, 0.05) is 17.8 Å². The Kier molecular flexibility index (Phi) is 2.71. The molecule has 0 aromatic rings. The van der Waals surface area contributed by atoms with Gasteiger partial charge < -0.3 is 9.84 Å². The number of hydrogen-bond acceptors (Lipinski definition) is 3. The van der Waals surface area contributed by atoms with Gasteiger partial charge in [0.1, 0.15) is 5.60 Å². The molecule has 3 heteroatoms. The number of carbonyl (C=O) groups is 1. The van der Waals surface area contributed by atoms with E-state index >= 15 is 0 Å². The second-order valence-electron chi connectivity index (χ2n) is 8.55. The van der Waals surface area contributed by atoms with Crippen LogP contribution in [0, 0.1) is 35.0 Å². The molecule has 0 amide bonds. The maximum atomic E-state index is 12.7. The number of carbonyl (C=O) groups excluding carboxylic acids is 1. The highest BCUT2D eigenvalue weighted by Crippen LogP contribution is 2.63. The maximum absolute atomic E-state index is 12.7. The molecule has 0 heterocycles. The first kappa shape index (κ1) is 13.8. The fourth-order valence-electron chi connectivity index (χ4n) is 5.98. The Hall–Kier alpha value is -0.830. The van der Waals surface area contributed by atoms with Crippen molar-refractivity contribution in [2.45, 2.75) is 58.2 Å². The maximum Gasteiger partial charge on any atom is 0.310 e. The van der Waals surface area contributed by atoms with Gasteiger partial charge in [0.2, 0.25) is 0 Å². The van der Waals surface area contributed by atoms with Crippen LogP contribution in [0.1, 0.15) is 46.5 Å². The summed E-state index contributed by atoms with van der Waals surface area (Å²) >= 11 is 0. The van der Waals surface area contributed by atoms with Crippen LogP contribution in [0.3, 0.4) is 0 Å². The van der Waals surface area contributed by atoms with Crippen molar-refractivity contribution in [2.24, 2.45) is 35.0 Å². The molecule has 7 unspecified atom stereocenters. The quantitative estimate of drug-likeness (QED) is 0.628. The van der Waals surface area contributed by atoms with Gasteiger partial charge in [-0.15, -0.1) is 0 Å². The summed E-state index contributed by atoms with van der Waals surface area (Å²) < 4.78 is 6.07. The molecule has 0 aliphatic heterocycles. The van der Waals surface area contributed by atoms with E-state index in [4.69, 9.17) is 4.74 Å². The molecule has 4 aliphatic rings. The smallest absolute Gasteiger partial charge is 0.310 e. The van der Waals surface area contributed by atoms with E-state index in [2.05, 4.69) is 26.8 Å². The van der Waals surface area contributed by atoms with Crippen LogP contribution in [-0.4, -0.2) is 22.8 Å². The van der Waals surface area contributed by atoms with Gasteiger partial charge in [-0.2, -0.15) is 0 Å². The van der Waals surface area contributed by atoms with Crippen molar-refractivity contribution in [3.05, 3.63) is 12.2 Å². The zero-order valence-electron chi connectivity index (χ0n) is 13.2. The number of aliphatic hydroxyl groups is 1. The number of ether oxygens (including phenoxy) is 1. The standard InChI is InChI=1S/C18H26O3/c1-17(2)11-5-7-14(17)18(3,9-11)21-16(20)13-8-10-4-6-12(13)15(10)19/h4,6,10-15,19H,5,7-9H2,1-3H3. The Balaban J connectivity index is 1.50. The lowest BCUT2D eigenvalue weighted by Crippen LogP contribution is -2.41. The molecule has 0 radical (unpaired) electrons. The largest absolute Gasteiger partial charge is 0.459 e. The van der Waals surface area contributed by atoms with Gasteiger partial charge >= 0.3 is 5.97 Å². The third kappa shape index (κ3) is 1.73. The van der Waals surface area contributed by atoms with Crippen LogP contribution in [0.4, 0.5) is 0 Å². The summed E-state index contributed by atoms with van der Waals surface area (Å²) in [6.07, 6.45) is 7.93. The van der Waals surface area contributed by atoms with Gasteiger partial charge in [-0.1, -0.05) is 26.0 Å². The molecule has 21 heavy (non-hydrogen) atoms. The second-order valence-corrected chi connectivity index (χ2v) is 8.55. The Bertz CT molecular complexity index is 509. The first-order valence-electron chi connectivity index (χ1n) is 8.42. The third-order valence-electron chi connectivity index (χ3n) is 7.18. The molecule has 3 saturated carbocycles. The summed E-state index contributed by atoms with van der Waals surface area (Å²) in [6.45, 7) is 6.80. The SMILES string of the molecule is CC1(OC(=O)C2CC3C=CC2C3O)CC2CCC1C2(C)C. The molecule has 3 nitrogen and oxygen atoms in total. The monoisotopic (exact) mass is 290 g/mol. The Labute approximate surface area is 126 Å². The highest BCUT2D eigenvalue weighted by Gasteiger charge is 2.61. The third-order valence-corrected chi connectivity index (χ3v) is 7.18. The van der Waals surface area contributed by atoms with Crippen molar-refractivity contribution >= 4 is 5.97 Å².